The van der Waals surface area contributed by atoms with Crippen molar-refractivity contribution < 1.29 is 13.2 Å². The van der Waals surface area contributed by atoms with E-state index in [1.807, 2.05) is 0 Å². The van der Waals surface area contributed by atoms with Crippen LogP contribution >= 0.6 is 0 Å². The number of likely N-dealkylation sites (tertiary alicyclic amines) is 1. The highest BCUT2D eigenvalue weighted by atomic mass is 32.2. The van der Waals surface area contributed by atoms with Crippen molar-refractivity contribution in [2.45, 2.75) is 24.7 Å². The van der Waals surface area contributed by atoms with Crippen LogP contribution in [0.4, 0.5) is 10.5 Å². The summed E-state index contributed by atoms with van der Waals surface area (Å²) in [5.41, 5.74) is 0.612. The smallest absolute Gasteiger partial charge is 0.321 e. The van der Waals surface area contributed by atoms with E-state index in [1.165, 1.54) is 12.1 Å². The molecular formula is C14H20N2O3S. The van der Waals surface area contributed by atoms with Crippen molar-refractivity contribution in [3.63, 3.8) is 0 Å². The summed E-state index contributed by atoms with van der Waals surface area (Å²) < 4.78 is 22.7. The molecule has 1 fully saturated rings. The van der Waals surface area contributed by atoms with Crippen molar-refractivity contribution in [3.8, 4) is 0 Å². The Labute approximate surface area is 119 Å². The molecule has 110 valence electrons. The molecule has 0 aliphatic carbocycles. The van der Waals surface area contributed by atoms with E-state index in [4.69, 9.17) is 0 Å². The lowest BCUT2D eigenvalue weighted by Crippen LogP contribution is -2.41. The summed E-state index contributed by atoms with van der Waals surface area (Å²) in [6.07, 6.45) is 3.35. The predicted molar refractivity (Wildman–Crippen MR) is 78.5 cm³/mol. The predicted octanol–water partition coefficient (Wildman–Crippen LogP) is 2.35. The molecule has 2 rings (SSSR count). The first kappa shape index (κ1) is 14.8. The number of urea groups is 1. The van der Waals surface area contributed by atoms with Crippen molar-refractivity contribution in [3.05, 3.63) is 24.3 Å². The Bertz CT molecular complexity index is 581. The molecule has 1 N–H and O–H groups in total. The van der Waals surface area contributed by atoms with Gasteiger partial charge in [-0.3, -0.25) is 0 Å². The number of carbonyl (C=O) groups is 1. The van der Waals surface area contributed by atoms with Gasteiger partial charge in [-0.25, -0.2) is 13.2 Å². The Kier molecular flexibility index (Phi) is 4.32. The third kappa shape index (κ3) is 3.72. The van der Waals surface area contributed by atoms with Gasteiger partial charge in [-0.15, -0.1) is 0 Å². The molecule has 1 aromatic carbocycles. The van der Waals surface area contributed by atoms with Crippen LogP contribution in [0, 0.1) is 5.92 Å². The summed E-state index contributed by atoms with van der Waals surface area (Å²) in [4.78, 5) is 14.1. The topological polar surface area (TPSA) is 66.5 Å². The standard InChI is InChI=1S/C14H20N2O3S/c1-11-4-3-9-16(10-11)14(17)15-12-5-7-13(8-6-12)20(2,18)19/h5-8,11H,3-4,9-10H2,1-2H3,(H,15,17). The number of benzene rings is 1. The molecule has 0 aromatic heterocycles. The van der Waals surface area contributed by atoms with E-state index in [9.17, 15) is 13.2 Å². The van der Waals surface area contributed by atoms with Crippen molar-refractivity contribution >= 4 is 21.6 Å². The van der Waals surface area contributed by atoms with Crippen LogP contribution < -0.4 is 5.32 Å². The second kappa shape index (κ2) is 5.83. The monoisotopic (exact) mass is 296 g/mol. The zero-order valence-electron chi connectivity index (χ0n) is 11.8. The molecule has 1 aliphatic rings. The maximum atomic E-state index is 12.1. The van der Waals surface area contributed by atoms with E-state index < -0.39 is 9.84 Å². The highest BCUT2D eigenvalue weighted by Gasteiger charge is 2.20. The number of anilines is 1. The molecule has 1 unspecified atom stereocenters. The third-order valence-corrected chi connectivity index (χ3v) is 4.61. The lowest BCUT2D eigenvalue weighted by Gasteiger charge is -2.30. The molecule has 1 aromatic rings. The lowest BCUT2D eigenvalue weighted by atomic mass is 10.0. The maximum Gasteiger partial charge on any atom is 0.321 e. The summed E-state index contributed by atoms with van der Waals surface area (Å²) in [6, 6.07) is 6.11. The minimum absolute atomic E-state index is 0.122. The van der Waals surface area contributed by atoms with Gasteiger partial charge in [-0.2, -0.15) is 0 Å². The molecular weight excluding hydrogens is 276 g/mol. The van der Waals surface area contributed by atoms with Crippen LogP contribution in [0.3, 0.4) is 0 Å². The summed E-state index contributed by atoms with van der Waals surface area (Å²) in [5, 5.41) is 2.80. The first-order valence-electron chi connectivity index (χ1n) is 6.72. The zero-order valence-corrected chi connectivity index (χ0v) is 12.6. The van der Waals surface area contributed by atoms with Gasteiger partial charge in [-0.05, 0) is 43.0 Å². The van der Waals surface area contributed by atoms with E-state index >= 15 is 0 Å². The van der Waals surface area contributed by atoms with Gasteiger partial charge in [0.25, 0.3) is 0 Å². The van der Waals surface area contributed by atoms with Gasteiger partial charge in [0.15, 0.2) is 9.84 Å². The van der Waals surface area contributed by atoms with Gasteiger partial charge in [0.1, 0.15) is 0 Å². The highest BCUT2D eigenvalue weighted by Crippen LogP contribution is 2.18. The molecule has 1 saturated heterocycles. The molecule has 2 amide bonds. The Morgan fingerprint density at radius 2 is 1.95 bits per heavy atom. The number of nitrogens with one attached hydrogen (secondary N) is 1. The molecule has 0 saturated carbocycles. The number of sulfone groups is 1. The number of hydrogen-bond donors (Lipinski definition) is 1. The van der Waals surface area contributed by atoms with Crippen LogP contribution in [-0.4, -0.2) is 38.7 Å². The minimum atomic E-state index is -3.20. The molecule has 1 aliphatic heterocycles. The summed E-state index contributed by atoms with van der Waals surface area (Å²) >= 11 is 0. The van der Waals surface area contributed by atoms with Crippen molar-refractivity contribution in [1.82, 2.24) is 4.90 Å². The third-order valence-electron chi connectivity index (χ3n) is 3.48. The van der Waals surface area contributed by atoms with Crippen LogP contribution in [-0.2, 0) is 9.84 Å². The minimum Gasteiger partial charge on any atom is -0.324 e. The fourth-order valence-electron chi connectivity index (χ4n) is 2.36. The SMILES string of the molecule is CC1CCCN(C(=O)Nc2ccc(S(C)(=O)=O)cc2)C1. The molecule has 1 atom stereocenters. The Morgan fingerprint density at radius 1 is 1.30 bits per heavy atom. The van der Waals surface area contributed by atoms with Gasteiger partial charge >= 0.3 is 6.03 Å². The van der Waals surface area contributed by atoms with Crippen LogP contribution in [0.15, 0.2) is 29.2 Å². The Morgan fingerprint density at radius 3 is 2.50 bits per heavy atom. The number of carbonyl (C=O) groups excluding carboxylic acids is 1. The first-order valence-corrected chi connectivity index (χ1v) is 8.61. The fourth-order valence-corrected chi connectivity index (χ4v) is 2.99. The van der Waals surface area contributed by atoms with Crippen LogP contribution in [0.25, 0.3) is 0 Å². The van der Waals surface area contributed by atoms with Gasteiger partial charge in [0.05, 0.1) is 4.90 Å². The molecule has 1 heterocycles. The number of amides is 2. The molecule has 6 heteroatoms. The molecule has 0 radical (unpaired) electrons. The van der Waals surface area contributed by atoms with E-state index in [0.29, 0.717) is 11.6 Å². The van der Waals surface area contributed by atoms with Gasteiger partial charge in [0, 0.05) is 25.0 Å². The quantitative estimate of drug-likeness (QED) is 0.911. The normalized spacial score (nSPS) is 19.7. The number of piperidine rings is 1. The van der Waals surface area contributed by atoms with Gasteiger partial charge in [-0.1, -0.05) is 6.92 Å². The maximum absolute atomic E-state index is 12.1. The van der Waals surface area contributed by atoms with Crippen LogP contribution in [0.2, 0.25) is 0 Å². The Hall–Kier alpha value is -1.56. The van der Waals surface area contributed by atoms with E-state index in [2.05, 4.69) is 12.2 Å². The van der Waals surface area contributed by atoms with Crippen LogP contribution in [0.5, 0.6) is 0 Å². The van der Waals surface area contributed by atoms with Crippen molar-refractivity contribution in [2.75, 3.05) is 24.7 Å². The largest absolute Gasteiger partial charge is 0.324 e. The summed E-state index contributed by atoms with van der Waals surface area (Å²) in [5.74, 6) is 0.530. The average Bonchev–Trinajstić information content (AvgIpc) is 2.38. The summed E-state index contributed by atoms with van der Waals surface area (Å²) in [6.45, 7) is 3.69. The van der Waals surface area contributed by atoms with Gasteiger partial charge < -0.3 is 10.2 Å². The molecule has 20 heavy (non-hydrogen) atoms. The summed E-state index contributed by atoms with van der Waals surface area (Å²) in [7, 11) is -3.20. The fraction of sp³-hybridized carbons (Fsp3) is 0.500. The molecule has 0 bridgehead atoms. The van der Waals surface area contributed by atoms with Crippen molar-refractivity contribution in [1.29, 1.82) is 0 Å². The number of nitrogens with zero attached hydrogens (tertiary/aromatic N) is 1. The Balaban J connectivity index is 2.01. The van der Waals surface area contributed by atoms with E-state index in [1.54, 1.807) is 17.0 Å². The number of hydrogen-bond acceptors (Lipinski definition) is 3. The second-order valence-electron chi connectivity index (χ2n) is 5.42. The molecule has 5 nitrogen and oxygen atoms in total. The highest BCUT2D eigenvalue weighted by molar-refractivity contribution is 7.90. The van der Waals surface area contributed by atoms with Gasteiger partial charge in [0.2, 0.25) is 0 Å². The average molecular weight is 296 g/mol. The second-order valence-corrected chi connectivity index (χ2v) is 7.44. The van der Waals surface area contributed by atoms with E-state index in [-0.39, 0.29) is 10.9 Å². The molecule has 0 spiro atoms. The zero-order chi connectivity index (χ0) is 14.8. The van der Waals surface area contributed by atoms with E-state index in [0.717, 1.165) is 32.2 Å². The van der Waals surface area contributed by atoms with Crippen molar-refractivity contribution in [2.24, 2.45) is 5.92 Å². The van der Waals surface area contributed by atoms with Crippen LogP contribution in [0.1, 0.15) is 19.8 Å². The lowest BCUT2D eigenvalue weighted by molar-refractivity contribution is 0.182. The number of rotatable bonds is 2. The first-order chi connectivity index (χ1) is 9.36.